The quantitative estimate of drug-likeness (QED) is 0.918. The number of nitrogens with zero attached hydrogens (tertiary/aromatic N) is 2. The Labute approximate surface area is 131 Å². The number of benzene rings is 1. The highest BCUT2D eigenvalue weighted by Gasteiger charge is 2.35. The Bertz CT molecular complexity index is 442. The van der Waals surface area contributed by atoms with Gasteiger partial charge in [0.2, 0.25) is 0 Å². The van der Waals surface area contributed by atoms with Gasteiger partial charge in [0.15, 0.2) is 0 Å². The van der Waals surface area contributed by atoms with Gasteiger partial charge in [-0.3, -0.25) is 9.80 Å². The van der Waals surface area contributed by atoms with E-state index in [0.29, 0.717) is 0 Å². The van der Waals surface area contributed by atoms with E-state index < -0.39 is 0 Å². The average Bonchev–Trinajstić information content (AvgIpc) is 2.36. The van der Waals surface area contributed by atoms with Gasteiger partial charge < -0.3 is 5.73 Å². The summed E-state index contributed by atoms with van der Waals surface area (Å²) < 4.78 is 1.11. The van der Waals surface area contributed by atoms with Gasteiger partial charge in [-0.1, -0.05) is 28.1 Å². The Morgan fingerprint density at radius 3 is 2.30 bits per heavy atom. The molecule has 1 fully saturated rings. The molecule has 2 rings (SSSR count). The van der Waals surface area contributed by atoms with E-state index in [0.717, 1.165) is 24.1 Å². The summed E-state index contributed by atoms with van der Waals surface area (Å²) in [5.74, 6) is 0. The maximum Gasteiger partial charge on any atom is 0.0497 e. The highest BCUT2D eigenvalue weighted by Crippen LogP contribution is 2.30. The van der Waals surface area contributed by atoms with Gasteiger partial charge in [0.1, 0.15) is 0 Å². The van der Waals surface area contributed by atoms with Crippen molar-refractivity contribution in [3.63, 3.8) is 0 Å². The van der Waals surface area contributed by atoms with E-state index in [1.165, 1.54) is 5.56 Å². The molecule has 1 heterocycles. The van der Waals surface area contributed by atoms with E-state index in [1.54, 1.807) is 0 Å². The molecule has 20 heavy (non-hydrogen) atoms. The summed E-state index contributed by atoms with van der Waals surface area (Å²) in [4.78, 5) is 4.97. The van der Waals surface area contributed by atoms with Crippen molar-refractivity contribution >= 4 is 15.9 Å². The topological polar surface area (TPSA) is 32.5 Å². The minimum Gasteiger partial charge on any atom is -0.326 e. The van der Waals surface area contributed by atoms with E-state index >= 15 is 0 Å². The molecule has 1 saturated heterocycles. The molecular formula is C16H26BrN3. The lowest BCUT2D eigenvalue weighted by molar-refractivity contribution is 0.0112. The lowest BCUT2D eigenvalue weighted by Crippen LogP contribution is -2.59. The zero-order valence-corrected chi connectivity index (χ0v) is 14.5. The third-order valence-electron chi connectivity index (χ3n) is 4.45. The van der Waals surface area contributed by atoms with Crippen LogP contribution in [-0.2, 0) is 0 Å². The van der Waals surface area contributed by atoms with Crippen LogP contribution in [-0.4, -0.2) is 48.1 Å². The van der Waals surface area contributed by atoms with Crippen LogP contribution < -0.4 is 5.73 Å². The van der Waals surface area contributed by atoms with Crippen LogP contribution in [0.2, 0.25) is 0 Å². The molecule has 1 aromatic rings. The minimum atomic E-state index is 0.121. The van der Waals surface area contributed by atoms with E-state index in [4.69, 9.17) is 5.73 Å². The predicted molar refractivity (Wildman–Crippen MR) is 88.8 cm³/mol. The first kappa shape index (κ1) is 16.0. The molecule has 0 saturated carbocycles. The maximum atomic E-state index is 6.29. The molecule has 0 spiro atoms. The third kappa shape index (κ3) is 3.42. The number of halogens is 1. The molecule has 0 amide bonds. The summed E-state index contributed by atoms with van der Waals surface area (Å²) >= 11 is 3.50. The van der Waals surface area contributed by atoms with Gasteiger partial charge >= 0.3 is 0 Å². The smallest absolute Gasteiger partial charge is 0.0497 e. The van der Waals surface area contributed by atoms with Gasteiger partial charge in [-0.2, -0.15) is 0 Å². The van der Waals surface area contributed by atoms with Crippen molar-refractivity contribution in [1.29, 1.82) is 0 Å². The van der Waals surface area contributed by atoms with E-state index in [-0.39, 0.29) is 17.6 Å². The highest BCUT2D eigenvalue weighted by molar-refractivity contribution is 9.10. The number of piperazine rings is 1. The van der Waals surface area contributed by atoms with Crippen LogP contribution in [0.15, 0.2) is 28.7 Å². The fourth-order valence-corrected chi connectivity index (χ4v) is 3.29. The molecule has 1 aromatic carbocycles. The number of rotatable bonds is 3. The summed E-state index contributed by atoms with van der Waals surface area (Å²) in [6.45, 7) is 9.93. The van der Waals surface area contributed by atoms with Crippen LogP contribution in [0.1, 0.15) is 32.4 Å². The highest BCUT2D eigenvalue weighted by atomic mass is 79.9. The molecule has 0 aromatic heterocycles. The van der Waals surface area contributed by atoms with Gasteiger partial charge in [-0.05, 0) is 45.5 Å². The lowest BCUT2D eigenvalue weighted by atomic mass is 9.93. The van der Waals surface area contributed by atoms with Crippen LogP contribution in [0.5, 0.6) is 0 Å². The largest absolute Gasteiger partial charge is 0.326 e. The standard InChI is InChI=1S/C16H26BrN3/c1-12(18)15(13-5-7-14(17)8-6-13)20-10-9-19(4)16(2,3)11-20/h5-8,12,15H,9-11,18H2,1-4H3. The molecule has 112 valence electrons. The second-order valence-electron chi connectivity index (χ2n) is 6.56. The van der Waals surface area contributed by atoms with Crippen molar-refractivity contribution in [1.82, 2.24) is 9.80 Å². The SMILES string of the molecule is CC(N)C(c1ccc(Br)cc1)N1CCN(C)C(C)(C)C1. The number of likely N-dealkylation sites (N-methyl/N-ethyl adjacent to an activating group) is 1. The third-order valence-corrected chi connectivity index (χ3v) is 4.98. The molecule has 2 N–H and O–H groups in total. The van der Waals surface area contributed by atoms with Crippen LogP contribution in [0.4, 0.5) is 0 Å². The summed E-state index contributed by atoms with van der Waals surface area (Å²) in [5.41, 5.74) is 7.80. The van der Waals surface area contributed by atoms with Crippen molar-refractivity contribution in [3.8, 4) is 0 Å². The molecule has 0 radical (unpaired) electrons. The minimum absolute atomic E-state index is 0.121. The normalized spacial score (nSPS) is 23.5. The van der Waals surface area contributed by atoms with E-state index in [1.807, 2.05) is 0 Å². The Balaban J connectivity index is 2.23. The first-order valence-corrected chi connectivity index (χ1v) is 8.07. The monoisotopic (exact) mass is 339 g/mol. The van der Waals surface area contributed by atoms with Gasteiger partial charge in [0.05, 0.1) is 0 Å². The van der Waals surface area contributed by atoms with Crippen molar-refractivity contribution < 1.29 is 0 Å². The molecule has 4 heteroatoms. The molecule has 3 nitrogen and oxygen atoms in total. The fraction of sp³-hybridized carbons (Fsp3) is 0.625. The van der Waals surface area contributed by atoms with Gasteiger partial charge in [-0.15, -0.1) is 0 Å². The lowest BCUT2D eigenvalue weighted by Gasteiger charge is -2.48. The summed E-state index contributed by atoms with van der Waals surface area (Å²) in [6, 6.07) is 8.98. The van der Waals surface area contributed by atoms with Gasteiger partial charge in [0, 0.05) is 41.7 Å². The second-order valence-corrected chi connectivity index (χ2v) is 7.48. The van der Waals surface area contributed by atoms with Crippen molar-refractivity contribution in [3.05, 3.63) is 34.3 Å². The number of hydrogen-bond acceptors (Lipinski definition) is 3. The predicted octanol–water partition coefficient (Wildman–Crippen LogP) is 2.86. The zero-order valence-electron chi connectivity index (χ0n) is 12.9. The van der Waals surface area contributed by atoms with Crippen LogP contribution in [0.3, 0.4) is 0 Å². The van der Waals surface area contributed by atoms with E-state index in [2.05, 4.69) is 77.8 Å². The molecule has 0 aliphatic carbocycles. The number of hydrogen-bond donors (Lipinski definition) is 1. The molecular weight excluding hydrogens is 314 g/mol. The van der Waals surface area contributed by atoms with Gasteiger partial charge in [0.25, 0.3) is 0 Å². The molecule has 0 bridgehead atoms. The Morgan fingerprint density at radius 2 is 1.80 bits per heavy atom. The van der Waals surface area contributed by atoms with Crippen LogP contribution in [0, 0.1) is 0 Å². The van der Waals surface area contributed by atoms with Gasteiger partial charge in [-0.25, -0.2) is 0 Å². The summed E-state index contributed by atoms with van der Waals surface area (Å²) in [7, 11) is 2.21. The maximum absolute atomic E-state index is 6.29. The first-order valence-electron chi connectivity index (χ1n) is 7.27. The molecule has 1 aliphatic rings. The average molecular weight is 340 g/mol. The van der Waals surface area contributed by atoms with Crippen LogP contribution >= 0.6 is 15.9 Å². The van der Waals surface area contributed by atoms with Crippen molar-refractivity contribution in [2.75, 3.05) is 26.7 Å². The zero-order chi connectivity index (χ0) is 14.9. The Kier molecular flexibility index (Phi) is 4.90. The van der Waals surface area contributed by atoms with Crippen molar-refractivity contribution in [2.24, 2.45) is 5.73 Å². The first-order chi connectivity index (χ1) is 9.31. The fourth-order valence-electron chi connectivity index (χ4n) is 3.02. The Hall–Kier alpha value is -0.420. The van der Waals surface area contributed by atoms with E-state index in [9.17, 15) is 0 Å². The number of nitrogens with two attached hydrogens (primary N) is 1. The summed E-state index contributed by atoms with van der Waals surface area (Å²) in [6.07, 6.45) is 0. The Morgan fingerprint density at radius 1 is 1.20 bits per heavy atom. The molecule has 2 unspecified atom stereocenters. The van der Waals surface area contributed by atoms with Crippen molar-refractivity contribution in [2.45, 2.75) is 38.4 Å². The summed E-state index contributed by atoms with van der Waals surface area (Å²) in [5, 5.41) is 0. The molecule has 2 atom stereocenters. The second kappa shape index (κ2) is 6.14. The molecule has 1 aliphatic heterocycles. The van der Waals surface area contributed by atoms with Crippen LogP contribution in [0.25, 0.3) is 0 Å².